The summed E-state index contributed by atoms with van der Waals surface area (Å²) in [6.07, 6.45) is 5.02. The highest BCUT2D eigenvalue weighted by atomic mass is 15.3. The monoisotopic (exact) mass is 243 g/mol. The first kappa shape index (κ1) is 10.7. The van der Waals surface area contributed by atoms with Crippen LogP contribution < -0.4 is 5.73 Å². The molecule has 0 unspecified atom stereocenters. The lowest BCUT2D eigenvalue weighted by Gasteiger charge is -2.11. The second-order valence-corrected chi connectivity index (χ2v) is 4.31. The second kappa shape index (κ2) is 3.80. The number of nitrogen functional groups attached to an aromatic ring is 1. The van der Waals surface area contributed by atoms with Crippen LogP contribution in [0.1, 0.15) is 19.9 Å². The Balaban J connectivity index is 2.29. The molecule has 0 atom stereocenters. The molecule has 0 aliphatic carbocycles. The highest BCUT2D eigenvalue weighted by Gasteiger charge is 2.14. The molecule has 0 aliphatic heterocycles. The molecule has 0 saturated heterocycles. The van der Waals surface area contributed by atoms with E-state index in [9.17, 15) is 0 Å². The summed E-state index contributed by atoms with van der Waals surface area (Å²) in [6.45, 7) is 4.14. The zero-order valence-electron chi connectivity index (χ0n) is 10.1. The van der Waals surface area contributed by atoms with Gasteiger partial charge in [0.15, 0.2) is 5.65 Å². The van der Waals surface area contributed by atoms with E-state index in [0.717, 1.165) is 11.3 Å². The Bertz CT molecular complexity index is 694. The first-order valence-corrected chi connectivity index (χ1v) is 5.66. The summed E-state index contributed by atoms with van der Waals surface area (Å²) in [5, 5.41) is 12.3. The van der Waals surface area contributed by atoms with E-state index < -0.39 is 0 Å². The first-order chi connectivity index (χ1) is 8.68. The van der Waals surface area contributed by atoms with Crippen LogP contribution in [-0.4, -0.2) is 29.4 Å². The molecule has 3 aromatic rings. The molecule has 3 heterocycles. The van der Waals surface area contributed by atoms with Crippen LogP contribution in [0.4, 0.5) is 5.95 Å². The van der Waals surface area contributed by atoms with Gasteiger partial charge in [-0.05, 0) is 19.9 Å². The predicted octanol–water partition coefficient (Wildman–Crippen LogP) is 1.15. The Hall–Kier alpha value is -2.44. The standard InChI is InChI=1S/C11H13N7/c1-7(2)18-9(3-4-15-18)8-5-13-11(12)17-6-14-16-10(8)17/h3-7H,1-2H3,(H2,12,13). The summed E-state index contributed by atoms with van der Waals surface area (Å²) in [5.74, 6) is 0.370. The summed E-state index contributed by atoms with van der Waals surface area (Å²) >= 11 is 0. The highest BCUT2D eigenvalue weighted by molar-refractivity contribution is 5.75. The molecule has 0 bridgehead atoms. The van der Waals surface area contributed by atoms with Crippen molar-refractivity contribution >= 4 is 11.6 Å². The summed E-state index contributed by atoms with van der Waals surface area (Å²) in [6, 6.07) is 2.19. The molecule has 7 heteroatoms. The average molecular weight is 243 g/mol. The van der Waals surface area contributed by atoms with Gasteiger partial charge in [0.05, 0.1) is 11.3 Å². The molecular weight excluding hydrogens is 230 g/mol. The quantitative estimate of drug-likeness (QED) is 0.729. The van der Waals surface area contributed by atoms with Gasteiger partial charge in [-0.15, -0.1) is 10.2 Å². The van der Waals surface area contributed by atoms with Crippen molar-refractivity contribution < 1.29 is 0 Å². The smallest absolute Gasteiger partial charge is 0.207 e. The molecule has 3 rings (SSSR count). The number of fused-ring (bicyclic) bond motifs is 1. The lowest BCUT2D eigenvalue weighted by molar-refractivity contribution is 0.538. The molecule has 7 nitrogen and oxygen atoms in total. The van der Waals surface area contributed by atoms with E-state index in [1.165, 1.54) is 0 Å². The molecule has 92 valence electrons. The minimum atomic E-state index is 0.260. The Morgan fingerprint density at radius 3 is 2.94 bits per heavy atom. The third-order valence-electron chi connectivity index (χ3n) is 2.80. The van der Waals surface area contributed by atoms with Crippen LogP contribution in [0.5, 0.6) is 0 Å². The normalized spacial score (nSPS) is 11.5. The van der Waals surface area contributed by atoms with Gasteiger partial charge in [0.25, 0.3) is 0 Å². The Morgan fingerprint density at radius 1 is 1.33 bits per heavy atom. The van der Waals surface area contributed by atoms with Gasteiger partial charge in [-0.3, -0.25) is 9.08 Å². The number of anilines is 1. The molecular formula is C11H13N7. The van der Waals surface area contributed by atoms with Crippen LogP contribution in [0, 0.1) is 0 Å². The number of nitrogens with two attached hydrogens (primary N) is 1. The third-order valence-corrected chi connectivity index (χ3v) is 2.80. The minimum absolute atomic E-state index is 0.260. The number of hydrogen-bond acceptors (Lipinski definition) is 5. The maximum Gasteiger partial charge on any atom is 0.207 e. The molecule has 0 fully saturated rings. The van der Waals surface area contributed by atoms with E-state index in [1.807, 2.05) is 10.7 Å². The Labute approximate surface area is 103 Å². The van der Waals surface area contributed by atoms with Crippen LogP contribution >= 0.6 is 0 Å². The largest absolute Gasteiger partial charge is 0.369 e. The van der Waals surface area contributed by atoms with Crippen molar-refractivity contribution in [3.63, 3.8) is 0 Å². The average Bonchev–Trinajstić information content (AvgIpc) is 2.97. The fraction of sp³-hybridized carbons (Fsp3) is 0.273. The van der Waals surface area contributed by atoms with Gasteiger partial charge in [0.1, 0.15) is 6.33 Å². The van der Waals surface area contributed by atoms with E-state index >= 15 is 0 Å². The minimum Gasteiger partial charge on any atom is -0.369 e. The van der Waals surface area contributed by atoms with E-state index in [2.05, 4.69) is 34.1 Å². The Morgan fingerprint density at radius 2 is 2.17 bits per heavy atom. The van der Waals surface area contributed by atoms with E-state index in [1.54, 1.807) is 23.1 Å². The number of nitrogens with zero attached hydrogens (tertiary/aromatic N) is 6. The van der Waals surface area contributed by atoms with Crippen molar-refractivity contribution in [3.05, 3.63) is 24.8 Å². The lowest BCUT2D eigenvalue weighted by Crippen LogP contribution is -2.07. The van der Waals surface area contributed by atoms with Crippen LogP contribution in [0.3, 0.4) is 0 Å². The number of hydrogen-bond donors (Lipinski definition) is 1. The van der Waals surface area contributed by atoms with Gasteiger partial charge in [-0.1, -0.05) is 0 Å². The molecule has 0 aromatic carbocycles. The molecule has 0 amide bonds. The molecule has 2 N–H and O–H groups in total. The van der Waals surface area contributed by atoms with E-state index in [0.29, 0.717) is 11.6 Å². The van der Waals surface area contributed by atoms with Crippen molar-refractivity contribution in [3.8, 4) is 11.3 Å². The Kier molecular flexibility index (Phi) is 2.26. The molecule has 18 heavy (non-hydrogen) atoms. The molecule has 0 saturated carbocycles. The van der Waals surface area contributed by atoms with Crippen LogP contribution in [0.15, 0.2) is 24.8 Å². The van der Waals surface area contributed by atoms with Crippen LogP contribution in [0.25, 0.3) is 16.9 Å². The topological polar surface area (TPSA) is 86.9 Å². The van der Waals surface area contributed by atoms with Crippen molar-refractivity contribution in [1.29, 1.82) is 0 Å². The molecule has 3 aromatic heterocycles. The fourth-order valence-electron chi connectivity index (χ4n) is 1.96. The summed E-state index contributed by atoms with van der Waals surface area (Å²) in [5.41, 5.74) is 8.28. The van der Waals surface area contributed by atoms with Gasteiger partial charge in [0, 0.05) is 18.4 Å². The van der Waals surface area contributed by atoms with Crippen LogP contribution in [0.2, 0.25) is 0 Å². The maximum atomic E-state index is 5.77. The van der Waals surface area contributed by atoms with Crippen molar-refractivity contribution in [2.24, 2.45) is 0 Å². The van der Waals surface area contributed by atoms with Gasteiger partial charge in [0.2, 0.25) is 5.95 Å². The number of rotatable bonds is 2. The van der Waals surface area contributed by atoms with Gasteiger partial charge in [-0.25, -0.2) is 4.98 Å². The predicted molar refractivity (Wildman–Crippen MR) is 66.8 cm³/mol. The second-order valence-electron chi connectivity index (χ2n) is 4.31. The van der Waals surface area contributed by atoms with E-state index in [4.69, 9.17) is 5.73 Å². The van der Waals surface area contributed by atoms with Crippen LogP contribution in [-0.2, 0) is 0 Å². The first-order valence-electron chi connectivity index (χ1n) is 5.66. The summed E-state index contributed by atoms with van der Waals surface area (Å²) in [4.78, 5) is 4.16. The molecule has 0 radical (unpaired) electrons. The van der Waals surface area contributed by atoms with Crippen molar-refractivity contribution in [1.82, 2.24) is 29.4 Å². The maximum absolute atomic E-state index is 5.77. The molecule has 0 spiro atoms. The van der Waals surface area contributed by atoms with Gasteiger partial charge < -0.3 is 5.73 Å². The lowest BCUT2D eigenvalue weighted by atomic mass is 10.2. The summed E-state index contributed by atoms with van der Waals surface area (Å²) in [7, 11) is 0. The van der Waals surface area contributed by atoms with Crippen molar-refractivity contribution in [2.45, 2.75) is 19.9 Å². The van der Waals surface area contributed by atoms with Gasteiger partial charge in [-0.2, -0.15) is 5.10 Å². The third kappa shape index (κ3) is 1.44. The number of aromatic nitrogens is 6. The fourth-order valence-corrected chi connectivity index (χ4v) is 1.96. The van der Waals surface area contributed by atoms with Crippen molar-refractivity contribution in [2.75, 3.05) is 5.73 Å². The zero-order chi connectivity index (χ0) is 12.7. The van der Waals surface area contributed by atoms with Gasteiger partial charge >= 0.3 is 0 Å². The zero-order valence-corrected chi connectivity index (χ0v) is 10.1. The highest BCUT2D eigenvalue weighted by Crippen LogP contribution is 2.25. The summed E-state index contributed by atoms with van der Waals surface area (Å²) < 4.78 is 3.58. The van der Waals surface area contributed by atoms with E-state index in [-0.39, 0.29) is 6.04 Å². The SMILES string of the molecule is CC(C)n1nccc1-c1cnc(N)n2cnnc12. The molecule has 0 aliphatic rings.